The molecular weight excluding hydrogens is 423 g/mol. The first-order chi connectivity index (χ1) is 14.9. The van der Waals surface area contributed by atoms with E-state index >= 15 is 0 Å². The normalized spacial score (nSPS) is 10.7. The van der Waals surface area contributed by atoms with Crippen LogP contribution in [-0.2, 0) is 13.1 Å². The summed E-state index contributed by atoms with van der Waals surface area (Å²) in [5.74, 6) is -0.158. The highest BCUT2D eigenvalue weighted by molar-refractivity contribution is 7.13. The van der Waals surface area contributed by atoms with Gasteiger partial charge in [-0.05, 0) is 31.5 Å². The lowest BCUT2D eigenvalue weighted by molar-refractivity contribution is 0.0744. The Hall–Kier alpha value is -3.31. The first-order valence-corrected chi connectivity index (χ1v) is 10.4. The number of benzene rings is 1. The summed E-state index contributed by atoms with van der Waals surface area (Å²) < 4.78 is 18.3. The van der Waals surface area contributed by atoms with Gasteiger partial charge in [-0.25, -0.2) is 14.2 Å². The number of hydrogen-bond donors (Lipinski definition) is 3. The van der Waals surface area contributed by atoms with Gasteiger partial charge in [-0.1, -0.05) is 17.3 Å². The molecule has 9 nitrogen and oxygen atoms in total. The number of urea groups is 1. The third-order valence-corrected chi connectivity index (χ3v) is 5.21. The number of aromatic nitrogens is 2. The van der Waals surface area contributed by atoms with Crippen molar-refractivity contribution in [3.63, 3.8) is 0 Å². The van der Waals surface area contributed by atoms with Gasteiger partial charge in [0.1, 0.15) is 17.1 Å². The second-order valence-electron chi connectivity index (χ2n) is 6.80. The Balaban J connectivity index is 1.59. The molecule has 0 atom stereocenters. The predicted octanol–water partition coefficient (Wildman–Crippen LogP) is 2.81. The highest BCUT2D eigenvalue weighted by Gasteiger charge is 2.24. The maximum absolute atomic E-state index is 13.2. The number of nitrogens with one attached hydrogen (secondary N) is 2. The zero-order valence-electron chi connectivity index (χ0n) is 17.1. The smallest absolute Gasteiger partial charge is 0.321 e. The second-order valence-corrected chi connectivity index (χ2v) is 7.65. The SMILES string of the molecule is Cc1noc(C)c1C(=O)N(CCN)Cc1csc(NC(=O)NCc2cccc(F)c2)n1. The van der Waals surface area contributed by atoms with E-state index < -0.39 is 6.03 Å². The summed E-state index contributed by atoms with van der Waals surface area (Å²) in [6.45, 7) is 4.41. The molecule has 0 spiro atoms. The zero-order chi connectivity index (χ0) is 22.4. The van der Waals surface area contributed by atoms with Gasteiger partial charge in [0.2, 0.25) is 0 Å². The van der Waals surface area contributed by atoms with E-state index in [4.69, 9.17) is 10.3 Å². The number of anilines is 1. The Morgan fingerprint density at radius 3 is 2.81 bits per heavy atom. The molecule has 0 saturated heterocycles. The summed E-state index contributed by atoms with van der Waals surface area (Å²) in [6.07, 6.45) is 0. The van der Waals surface area contributed by atoms with Crippen LogP contribution in [0.4, 0.5) is 14.3 Å². The molecule has 3 rings (SSSR count). The van der Waals surface area contributed by atoms with Gasteiger partial charge >= 0.3 is 6.03 Å². The molecule has 4 N–H and O–H groups in total. The van der Waals surface area contributed by atoms with E-state index in [0.717, 1.165) is 0 Å². The Morgan fingerprint density at radius 2 is 2.13 bits per heavy atom. The van der Waals surface area contributed by atoms with E-state index in [1.54, 1.807) is 36.3 Å². The van der Waals surface area contributed by atoms with E-state index in [1.807, 2.05) is 0 Å². The lowest BCUT2D eigenvalue weighted by atomic mass is 10.1. The van der Waals surface area contributed by atoms with Crippen LogP contribution in [-0.4, -0.2) is 40.1 Å². The molecule has 31 heavy (non-hydrogen) atoms. The lowest BCUT2D eigenvalue weighted by Gasteiger charge is -2.20. The summed E-state index contributed by atoms with van der Waals surface area (Å²) in [5.41, 5.74) is 7.86. The van der Waals surface area contributed by atoms with Gasteiger partial charge in [0.15, 0.2) is 5.13 Å². The summed E-state index contributed by atoms with van der Waals surface area (Å²) in [5, 5.41) is 11.2. The average Bonchev–Trinajstić information content (AvgIpc) is 3.31. The van der Waals surface area contributed by atoms with Crippen molar-refractivity contribution in [1.29, 1.82) is 0 Å². The van der Waals surface area contributed by atoms with Gasteiger partial charge in [-0.15, -0.1) is 11.3 Å². The number of hydrogen-bond acceptors (Lipinski definition) is 7. The number of carbonyl (C=O) groups is 2. The van der Waals surface area contributed by atoms with Crippen molar-refractivity contribution in [2.75, 3.05) is 18.4 Å². The molecule has 0 aliphatic heterocycles. The van der Waals surface area contributed by atoms with Crippen molar-refractivity contribution in [3.8, 4) is 0 Å². The fourth-order valence-corrected chi connectivity index (χ4v) is 3.65. The quantitative estimate of drug-likeness (QED) is 0.488. The van der Waals surface area contributed by atoms with Crippen molar-refractivity contribution >= 4 is 28.4 Å². The number of halogens is 1. The minimum absolute atomic E-state index is 0.179. The van der Waals surface area contributed by atoms with Crippen LogP contribution in [0.2, 0.25) is 0 Å². The van der Waals surface area contributed by atoms with Gasteiger partial charge in [0, 0.05) is 25.0 Å². The van der Waals surface area contributed by atoms with Crippen LogP contribution in [0.5, 0.6) is 0 Å². The Labute approximate surface area is 182 Å². The van der Waals surface area contributed by atoms with Crippen molar-refractivity contribution in [2.24, 2.45) is 5.73 Å². The number of rotatable bonds is 8. The summed E-state index contributed by atoms with van der Waals surface area (Å²) >= 11 is 1.23. The molecule has 3 aromatic rings. The average molecular weight is 447 g/mol. The molecule has 0 aliphatic carbocycles. The van der Waals surface area contributed by atoms with Crippen LogP contribution in [0.15, 0.2) is 34.2 Å². The molecule has 0 saturated carbocycles. The number of nitrogens with two attached hydrogens (primary N) is 1. The molecule has 2 aromatic heterocycles. The summed E-state index contributed by atoms with van der Waals surface area (Å²) in [4.78, 5) is 30.9. The minimum atomic E-state index is -0.462. The number of amides is 3. The Bertz CT molecular complexity index is 1050. The maximum atomic E-state index is 13.2. The van der Waals surface area contributed by atoms with Crippen LogP contribution >= 0.6 is 11.3 Å². The summed E-state index contributed by atoms with van der Waals surface area (Å²) in [6, 6.07) is 5.52. The van der Waals surface area contributed by atoms with Crippen LogP contribution in [0.25, 0.3) is 0 Å². The van der Waals surface area contributed by atoms with Crippen molar-refractivity contribution in [1.82, 2.24) is 20.4 Å². The highest BCUT2D eigenvalue weighted by Crippen LogP contribution is 2.20. The first kappa shape index (κ1) is 22.4. The fraction of sp³-hybridized carbons (Fsp3) is 0.300. The van der Waals surface area contributed by atoms with Crippen LogP contribution in [0, 0.1) is 19.7 Å². The second kappa shape index (κ2) is 10.1. The monoisotopic (exact) mass is 446 g/mol. The fourth-order valence-electron chi connectivity index (χ4n) is 2.96. The molecule has 164 valence electrons. The minimum Gasteiger partial charge on any atom is -0.361 e. The molecule has 0 aliphatic rings. The van der Waals surface area contributed by atoms with Gasteiger partial charge in [-0.2, -0.15) is 0 Å². The van der Waals surface area contributed by atoms with E-state index in [2.05, 4.69) is 20.8 Å². The molecule has 0 radical (unpaired) electrons. The first-order valence-electron chi connectivity index (χ1n) is 9.53. The van der Waals surface area contributed by atoms with E-state index in [0.29, 0.717) is 40.0 Å². The lowest BCUT2D eigenvalue weighted by Crippen LogP contribution is -2.35. The van der Waals surface area contributed by atoms with Gasteiger partial charge in [0.25, 0.3) is 5.91 Å². The molecule has 2 heterocycles. The van der Waals surface area contributed by atoms with Crippen LogP contribution in [0.1, 0.15) is 33.1 Å². The van der Waals surface area contributed by atoms with Crippen LogP contribution in [0.3, 0.4) is 0 Å². The zero-order valence-corrected chi connectivity index (χ0v) is 18.0. The van der Waals surface area contributed by atoms with Gasteiger partial charge in [-0.3, -0.25) is 10.1 Å². The van der Waals surface area contributed by atoms with Crippen LogP contribution < -0.4 is 16.4 Å². The van der Waals surface area contributed by atoms with E-state index in [1.165, 1.54) is 23.5 Å². The van der Waals surface area contributed by atoms with Gasteiger partial charge in [0.05, 0.1) is 17.9 Å². The number of nitrogens with zero attached hydrogens (tertiary/aromatic N) is 3. The molecule has 11 heteroatoms. The maximum Gasteiger partial charge on any atom is 0.321 e. The molecule has 3 amide bonds. The van der Waals surface area contributed by atoms with Crippen molar-refractivity contribution < 1.29 is 18.5 Å². The predicted molar refractivity (Wildman–Crippen MR) is 114 cm³/mol. The third kappa shape index (κ3) is 5.86. The molecule has 0 fully saturated rings. The molecule has 0 unspecified atom stereocenters. The summed E-state index contributed by atoms with van der Waals surface area (Å²) in [7, 11) is 0. The largest absolute Gasteiger partial charge is 0.361 e. The Kier molecular flexibility index (Phi) is 7.32. The molecule has 1 aromatic carbocycles. The van der Waals surface area contributed by atoms with Gasteiger partial charge < -0.3 is 20.5 Å². The number of aryl methyl sites for hydroxylation is 2. The number of thiazole rings is 1. The Morgan fingerprint density at radius 1 is 1.32 bits per heavy atom. The standard InChI is InChI=1S/C20H23FN6O3S/c1-12-17(13(2)30-26-12)18(28)27(7-6-22)10-16-11-31-20(24-16)25-19(29)23-9-14-4-3-5-15(21)8-14/h3-5,8,11H,6-7,9-10,22H2,1-2H3,(H2,23,24,25,29). The molecule has 0 bridgehead atoms. The van der Waals surface area contributed by atoms with Crippen molar-refractivity contribution in [2.45, 2.75) is 26.9 Å². The van der Waals surface area contributed by atoms with Crippen molar-refractivity contribution in [3.05, 3.63) is 63.7 Å². The molecular formula is C20H23FN6O3S. The third-order valence-electron chi connectivity index (χ3n) is 4.40. The highest BCUT2D eigenvalue weighted by atomic mass is 32.1. The van der Waals surface area contributed by atoms with E-state index in [9.17, 15) is 14.0 Å². The van der Waals surface area contributed by atoms with E-state index in [-0.39, 0.29) is 31.4 Å². The topological polar surface area (TPSA) is 126 Å². The number of carbonyl (C=O) groups excluding carboxylic acids is 2.